The van der Waals surface area contributed by atoms with Crippen LogP contribution in [0.2, 0.25) is 5.02 Å². The van der Waals surface area contributed by atoms with Crippen molar-refractivity contribution >= 4 is 44.6 Å². The topological polar surface area (TPSA) is 134 Å². The van der Waals surface area contributed by atoms with E-state index in [1.165, 1.54) is 24.3 Å². The van der Waals surface area contributed by atoms with Crippen molar-refractivity contribution in [3.63, 3.8) is 0 Å². The van der Waals surface area contributed by atoms with Gasteiger partial charge in [-0.3, -0.25) is 10.2 Å². The molecule has 1 aliphatic heterocycles. The highest BCUT2D eigenvalue weighted by Crippen LogP contribution is 2.35. The predicted molar refractivity (Wildman–Crippen MR) is 98.7 cm³/mol. The van der Waals surface area contributed by atoms with E-state index in [9.17, 15) is 18.3 Å². The van der Waals surface area contributed by atoms with Gasteiger partial charge in [0, 0.05) is 0 Å². The van der Waals surface area contributed by atoms with Crippen molar-refractivity contribution in [2.24, 2.45) is 10.2 Å². The fourth-order valence-corrected chi connectivity index (χ4v) is 3.42. The number of aliphatic hydroxyl groups excluding tert-OH is 1. The van der Waals surface area contributed by atoms with Crippen LogP contribution in [0.25, 0.3) is 0 Å². The predicted octanol–water partition coefficient (Wildman–Crippen LogP) is 1.81. The van der Waals surface area contributed by atoms with Crippen LogP contribution in [0.5, 0.6) is 0 Å². The van der Waals surface area contributed by atoms with Gasteiger partial charge in [-0.05, 0) is 42.8 Å². The number of nitrogens with two attached hydrogens (primary N) is 1. The lowest BCUT2D eigenvalue weighted by Crippen LogP contribution is -2.16. The molecule has 0 aromatic heterocycles. The monoisotopic (exact) mass is 394 g/mol. The van der Waals surface area contributed by atoms with Gasteiger partial charge in [-0.1, -0.05) is 17.7 Å². The maximum atomic E-state index is 12.2. The van der Waals surface area contributed by atoms with Crippen LogP contribution in [0.4, 0.5) is 11.4 Å². The lowest BCUT2D eigenvalue weighted by atomic mass is 10.0. The molecule has 1 unspecified atom stereocenters. The Kier molecular flexibility index (Phi) is 4.72. The highest BCUT2D eigenvalue weighted by atomic mass is 35.5. The normalized spacial score (nSPS) is 16.3. The fraction of sp³-hybridized carbons (Fsp3) is 0.125. The molecule has 2 aromatic carbocycles. The molecule has 26 heavy (non-hydrogen) atoms. The molecule has 8 nitrogen and oxygen atoms in total. The molecule has 0 aliphatic carbocycles. The third-order valence-electron chi connectivity index (χ3n) is 3.80. The van der Waals surface area contributed by atoms with Gasteiger partial charge in [0.1, 0.15) is 0 Å². The van der Waals surface area contributed by atoms with Gasteiger partial charge in [-0.15, -0.1) is 0 Å². The summed E-state index contributed by atoms with van der Waals surface area (Å²) in [5, 5.41) is 21.8. The summed E-state index contributed by atoms with van der Waals surface area (Å²) in [6.07, 6.45) is -0.802. The molecule has 10 heteroatoms. The molecule has 0 fully saturated rings. The number of aliphatic hydroxyl groups is 1. The summed E-state index contributed by atoms with van der Waals surface area (Å²) >= 11 is 6.32. The number of carbonyl (C=O) groups is 1. The van der Waals surface area contributed by atoms with Gasteiger partial charge in [-0.25, -0.2) is 13.6 Å². The van der Waals surface area contributed by atoms with Crippen LogP contribution < -0.4 is 15.9 Å². The van der Waals surface area contributed by atoms with E-state index in [4.69, 9.17) is 16.7 Å². The van der Waals surface area contributed by atoms with E-state index in [2.05, 4.69) is 15.8 Å². The molecular formula is C16H15ClN4O4S. The Balaban J connectivity index is 1.93. The zero-order valence-electron chi connectivity index (χ0n) is 13.5. The number of amides is 1. The Morgan fingerprint density at radius 2 is 1.88 bits per heavy atom. The summed E-state index contributed by atoms with van der Waals surface area (Å²) in [7, 11) is -3.79. The first-order chi connectivity index (χ1) is 12.2. The van der Waals surface area contributed by atoms with Gasteiger partial charge in [0.25, 0.3) is 5.91 Å². The molecule has 0 radical (unpaired) electrons. The van der Waals surface area contributed by atoms with Gasteiger partial charge in [-0.2, -0.15) is 5.10 Å². The number of hydrogen-bond donors (Lipinski definition) is 4. The van der Waals surface area contributed by atoms with Crippen molar-refractivity contribution < 1.29 is 18.3 Å². The molecular weight excluding hydrogens is 380 g/mol. The fourth-order valence-electron chi connectivity index (χ4n) is 2.49. The molecule has 136 valence electrons. The molecule has 5 N–H and O–H groups in total. The summed E-state index contributed by atoms with van der Waals surface area (Å²) in [4.78, 5) is 12.1. The Hall–Kier alpha value is -2.46. The van der Waals surface area contributed by atoms with Gasteiger partial charge >= 0.3 is 0 Å². The molecule has 2 aromatic rings. The molecule has 0 bridgehead atoms. The first-order valence-corrected chi connectivity index (χ1v) is 9.39. The van der Waals surface area contributed by atoms with Crippen molar-refractivity contribution in [3.8, 4) is 0 Å². The number of fused-ring (bicyclic) bond motifs is 1. The van der Waals surface area contributed by atoms with Crippen LogP contribution in [0.1, 0.15) is 24.2 Å². The highest BCUT2D eigenvalue weighted by Gasteiger charge is 2.30. The standard InChI is InChI=1S/C16H15ClN4O4S/c1-8(22)11-6-7-12-13(14(11)17)15(16(23)19-12)21-20-9-2-4-10(5-3-9)26(18,24)25/h2-8,20,22H,1H3,(H2,18,24,25)(H,19,21,23). The number of halogens is 1. The minimum Gasteiger partial charge on any atom is -0.389 e. The van der Waals surface area contributed by atoms with Crippen molar-refractivity contribution in [2.75, 3.05) is 10.7 Å². The number of hydrogen-bond acceptors (Lipinski definition) is 6. The van der Waals surface area contributed by atoms with E-state index in [0.717, 1.165) is 0 Å². The van der Waals surface area contributed by atoms with E-state index in [1.54, 1.807) is 19.1 Å². The molecule has 1 amide bonds. The Labute approximate surface area is 154 Å². The number of nitrogens with zero attached hydrogens (tertiary/aromatic N) is 1. The lowest BCUT2D eigenvalue weighted by molar-refractivity contribution is -0.110. The Bertz CT molecular complexity index is 1020. The molecule has 1 aliphatic rings. The number of carbonyl (C=O) groups excluding carboxylic acids is 1. The first kappa shape index (κ1) is 18.3. The zero-order chi connectivity index (χ0) is 19.1. The maximum absolute atomic E-state index is 12.2. The molecule has 0 saturated heterocycles. The lowest BCUT2D eigenvalue weighted by Gasteiger charge is -2.10. The Morgan fingerprint density at radius 3 is 2.46 bits per heavy atom. The number of rotatable bonds is 4. The van der Waals surface area contributed by atoms with Crippen molar-refractivity contribution in [1.29, 1.82) is 0 Å². The van der Waals surface area contributed by atoms with Gasteiger partial charge in [0.2, 0.25) is 10.0 Å². The largest absolute Gasteiger partial charge is 0.389 e. The van der Waals surface area contributed by atoms with E-state index in [1.807, 2.05) is 0 Å². The SMILES string of the molecule is CC(O)c1ccc2c(c1Cl)/C(=N/Nc1ccc(S(N)(=O)=O)cc1)C(=O)N2. The molecule has 3 rings (SSSR count). The highest BCUT2D eigenvalue weighted by molar-refractivity contribution is 7.89. The molecule has 1 heterocycles. The quantitative estimate of drug-likeness (QED) is 0.587. The average molecular weight is 395 g/mol. The number of anilines is 2. The van der Waals surface area contributed by atoms with Gasteiger partial charge in [0.15, 0.2) is 5.71 Å². The van der Waals surface area contributed by atoms with Crippen LogP contribution in [0.15, 0.2) is 46.4 Å². The molecule has 0 spiro atoms. The number of sulfonamides is 1. The summed E-state index contributed by atoms with van der Waals surface area (Å²) in [5.41, 5.74) is 4.56. The number of hydrazone groups is 1. The summed E-state index contributed by atoms with van der Waals surface area (Å²) < 4.78 is 22.5. The van der Waals surface area contributed by atoms with Crippen molar-refractivity contribution in [3.05, 3.63) is 52.5 Å². The smallest absolute Gasteiger partial charge is 0.276 e. The van der Waals surface area contributed by atoms with E-state index in [-0.39, 0.29) is 15.6 Å². The summed E-state index contributed by atoms with van der Waals surface area (Å²) in [6.45, 7) is 1.57. The van der Waals surface area contributed by atoms with E-state index in [0.29, 0.717) is 22.5 Å². The average Bonchev–Trinajstić information content (AvgIpc) is 2.88. The minimum absolute atomic E-state index is 0.0377. The zero-order valence-corrected chi connectivity index (χ0v) is 15.1. The van der Waals surface area contributed by atoms with Crippen LogP contribution in [-0.2, 0) is 14.8 Å². The second kappa shape index (κ2) is 6.69. The Morgan fingerprint density at radius 1 is 1.23 bits per heavy atom. The first-order valence-electron chi connectivity index (χ1n) is 7.47. The third kappa shape index (κ3) is 3.42. The van der Waals surface area contributed by atoms with Gasteiger partial charge < -0.3 is 10.4 Å². The minimum atomic E-state index is -3.79. The van der Waals surface area contributed by atoms with Crippen molar-refractivity contribution in [2.45, 2.75) is 17.9 Å². The summed E-state index contributed by atoms with van der Waals surface area (Å²) in [5.74, 6) is -0.446. The van der Waals surface area contributed by atoms with Crippen LogP contribution in [0, 0.1) is 0 Å². The van der Waals surface area contributed by atoms with Crippen molar-refractivity contribution in [1.82, 2.24) is 0 Å². The molecule has 0 saturated carbocycles. The third-order valence-corrected chi connectivity index (χ3v) is 5.14. The number of primary sulfonamides is 1. The molecule has 1 atom stereocenters. The van der Waals surface area contributed by atoms with E-state index < -0.39 is 22.0 Å². The number of nitrogens with one attached hydrogen (secondary N) is 2. The second-order valence-electron chi connectivity index (χ2n) is 5.66. The van der Waals surface area contributed by atoms with Crippen LogP contribution >= 0.6 is 11.6 Å². The second-order valence-corrected chi connectivity index (χ2v) is 7.60. The van der Waals surface area contributed by atoms with Crippen LogP contribution in [0.3, 0.4) is 0 Å². The van der Waals surface area contributed by atoms with Gasteiger partial charge in [0.05, 0.1) is 33.0 Å². The maximum Gasteiger partial charge on any atom is 0.276 e. The van der Waals surface area contributed by atoms with Crippen LogP contribution in [-0.4, -0.2) is 25.1 Å². The summed E-state index contributed by atoms with van der Waals surface area (Å²) in [6, 6.07) is 8.84. The number of benzene rings is 2. The van der Waals surface area contributed by atoms with E-state index >= 15 is 0 Å².